The molecular formula is C118H193O9P3. The molecule has 12 heteroatoms. The summed E-state index contributed by atoms with van der Waals surface area (Å²) < 4.78 is 64.7. The largest absolute Gasteiger partial charge is 0.530 e. The summed E-state index contributed by atoms with van der Waals surface area (Å²) in [5.41, 5.74) is 13.4. The summed E-state index contributed by atoms with van der Waals surface area (Å²) in [5, 5.41) is 0. The van der Waals surface area contributed by atoms with Gasteiger partial charge in [0.05, 0.1) is 19.8 Å². The lowest BCUT2D eigenvalue weighted by Crippen LogP contribution is -2.19. The molecule has 0 saturated heterocycles. The van der Waals surface area contributed by atoms with Crippen LogP contribution in [0.4, 0.5) is 0 Å². The zero-order valence-corrected chi connectivity index (χ0v) is 89.8. The number of benzene rings is 6. The fourth-order valence-corrected chi connectivity index (χ4v) is 21.6. The Morgan fingerprint density at radius 2 is 0.454 bits per heavy atom. The Labute approximate surface area is 804 Å². The van der Waals surface area contributed by atoms with Crippen molar-refractivity contribution in [3.8, 4) is 34.5 Å². The Bertz CT molecular complexity index is 3800. The third-order valence-electron chi connectivity index (χ3n) is 26.6. The standard InChI is InChI=1S/C118H193O9P3/c1-20-26-32-38-44-47-50-53-56-62-74-86-119-128(120-87-75-63-57-54-51-48-45-39-33-27-21-2)125-113-91-98(9)104(94-108(113)117(14,15)16)106(105-95-109(118(17,18)19)114(92-99(105)10)126-129(121-88-76-64-58-55-52-49-46-40-34-28-22-3)122-110-83-71-68-80-100(110)77-65-59-41-35-29-23-4)89-96(7)103-93-107(116(11,12)13)115(90-97(103)8)127-130(123-111-84-72-69-81-101(111)78-66-60-42-36-30-24-5)124-112-85-73-70-82-102(112)79-67-61-43-37-31-25-6/h68-73,80-85,90-96,106H,20-67,74-79,86-89H2,1-19H3. The van der Waals surface area contributed by atoms with Gasteiger partial charge in [-0.15, -0.1) is 0 Å². The van der Waals surface area contributed by atoms with Crippen LogP contribution in [0.15, 0.2) is 109 Å². The van der Waals surface area contributed by atoms with E-state index in [-0.39, 0.29) is 28.1 Å². The van der Waals surface area contributed by atoms with Gasteiger partial charge in [0, 0.05) is 22.6 Å². The van der Waals surface area contributed by atoms with E-state index in [1.807, 2.05) is 0 Å². The van der Waals surface area contributed by atoms with Gasteiger partial charge in [-0.05, 0) is 194 Å². The van der Waals surface area contributed by atoms with E-state index in [2.05, 4.69) is 241 Å². The number of rotatable bonds is 77. The summed E-state index contributed by atoms with van der Waals surface area (Å²) in [4.78, 5) is 0. The van der Waals surface area contributed by atoms with Gasteiger partial charge in [0.2, 0.25) is 0 Å². The van der Waals surface area contributed by atoms with Crippen molar-refractivity contribution in [2.45, 2.75) is 513 Å². The maximum absolute atomic E-state index is 7.48. The van der Waals surface area contributed by atoms with Crippen molar-refractivity contribution in [1.82, 2.24) is 0 Å². The predicted octanol–water partition coefficient (Wildman–Crippen LogP) is 40.6. The fraction of sp³-hybridized carbons (Fsp3) is 0.695. The second kappa shape index (κ2) is 67.5. The molecule has 0 aromatic heterocycles. The van der Waals surface area contributed by atoms with Crippen molar-refractivity contribution in [3.05, 3.63) is 176 Å². The fourth-order valence-electron chi connectivity index (χ4n) is 18.4. The molecule has 9 nitrogen and oxygen atoms in total. The van der Waals surface area contributed by atoms with Crippen LogP contribution in [0.2, 0.25) is 0 Å². The summed E-state index contributed by atoms with van der Waals surface area (Å²) >= 11 is 0. The zero-order valence-electron chi connectivity index (χ0n) is 87.1. The Balaban J connectivity index is 1.47. The molecule has 734 valence electrons. The maximum atomic E-state index is 7.48. The Morgan fingerprint density at radius 1 is 0.238 bits per heavy atom. The van der Waals surface area contributed by atoms with Crippen molar-refractivity contribution in [1.29, 1.82) is 0 Å². The summed E-state index contributed by atoms with van der Waals surface area (Å²) in [7, 11) is -5.56. The van der Waals surface area contributed by atoms with Crippen LogP contribution >= 0.6 is 25.8 Å². The normalized spacial score (nSPS) is 12.8. The second-order valence-corrected chi connectivity index (χ2v) is 45.0. The molecule has 0 aliphatic carbocycles. The highest BCUT2D eigenvalue weighted by Crippen LogP contribution is 2.54. The molecule has 6 aromatic carbocycles. The highest BCUT2D eigenvalue weighted by molar-refractivity contribution is 7.43. The molecule has 6 rings (SSSR count). The highest BCUT2D eigenvalue weighted by Gasteiger charge is 2.35. The van der Waals surface area contributed by atoms with Gasteiger partial charge in [-0.25, -0.2) is 0 Å². The number of unbranched alkanes of at least 4 members (excludes halogenated alkanes) is 45. The number of hydrogen-bond donors (Lipinski definition) is 0. The van der Waals surface area contributed by atoms with Gasteiger partial charge >= 0.3 is 25.8 Å². The average molecular weight is 1850 g/mol. The zero-order chi connectivity index (χ0) is 93.9. The molecule has 130 heavy (non-hydrogen) atoms. The van der Waals surface area contributed by atoms with Gasteiger partial charge in [-0.1, -0.05) is 473 Å². The molecule has 0 N–H and O–H groups in total. The van der Waals surface area contributed by atoms with E-state index in [0.29, 0.717) is 19.8 Å². The van der Waals surface area contributed by atoms with Gasteiger partial charge in [-0.2, -0.15) is 0 Å². The topological polar surface area (TPSA) is 83.1 Å². The van der Waals surface area contributed by atoms with E-state index >= 15 is 0 Å². The molecule has 0 heterocycles. The van der Waals surface area contributed by atoms with E-state index in [1.54, 1.807) is 0 Å². The van der Waals surface area contributed by atoms with E-state index in [4.69, 9.17) is 40.7 Å². The molecule has 3 unspecified atom stereocenters. The lowest BCUT2D eigenvalue weighted by atomic mass is 9.74. The van der Waals surface area contributed by atoms with Crippen LogP contribution in [0.1, 0.15) is 523 Å². The molecule has 0 aliphatic rings. The third kappa shape index (κ3) is 46.0. The number of aryl methyl sites for hydroxylation is 6. The smallest absolute Gasteiger partial charge is 0.426 e. The first-order valence-electron chi connectivity index (χ1n) is 54.0. The molecule has 0 fully saturated rings. The van der Waals surface area contributed by atoms with Crippen molar-refractivity contribution in [2.75, 3.05) is 19.8 Å². The lowest BCUT2D eigenvalue weighted by Gasteiger charge is -2.33. The first kappa shape index (κ1) is 114. The van der Waals surface area contributed by atoms with E-state index in [0.717, 1.165) is 135 Å². The predicted molar refractivity (Wildman–Crippen MR) is 567 cm³/mol. The molecule has 0 spiro atoms. The van der Waals surface area contributed by atoms with Crippen LogP contribution in [0.3, 0.4) is 0 Å². The highest BCUT2D eigenvalue weighted by atomic mass is 31.2. The quantitative estimate of drug-likeness (QED) is 0.0274. The Hall–Kier alpha value is -4.71. The Kier molecular flexibility index (Phi) is 59.2. The SMILES string of the molecule is CCCCCCCCCCCCCOP(OCCCCCCCCCCCCC)Oc1cc(C)c(C(CC(C)c2cc(C(C)(C)C)c(OP(Oc3ccccc3CCCCCCCC)Oc3ccccc3CCCCCCCC)cc2C)c2cc(C(C)(C)C)c(OP(OCCCCCCCCCCCCC)Oc3ccccc3CCCCCCCC)cc2C)cc1C(C)(C)C. The number of para-hydroxylation sites is 3. The first-order chi connectivity index (χ1) is 62.9. The Morgan fingerprint density at radius 3 is 0.738 bits per heavy atom. The molecule has 0 bridgehead atoms. The van der Waals surface area contributed by atoms with Crippen molar-refractivity contribution >= 4 is 25.8 Å². The second-order valence-electron chi connectivity index (χ2n) is 41.8. The lowest BCUT2D eigenvalue weighted by molar-refractivity contribution is 0.197. The van der Waals surface area contributed by atoms with E-state index in [9.17, 15) is 0 Å². The summed E-state index contributed by atoms with van der Waals surface area (Å²) in [6.07, 6.45) is 68.1. The van der Waals surface area contributed by atoms with Gasteiger partial charge in [0.25, 0.3) is 0 Å². The van der Waals surface area contributed by atoms with Gasteiger partial charge in [0.1, 0.15) is 34.5 Å². The van der Waals surface area contributed by atoms with Crippen LogP contribution < -0.4 is 27.1 Å². The van der Waals surface area contributed by atoms with Crippen LogP contribution in [0.5, 0.6) is 34.5 Å². The van der Waals surface area contributed by atoms with Crippen molar-refractivity contribution in [3.63, 3.8) is 0 Å². The minimum absolute atomic E-state index is 0.0704. The van der Waals surface area contributed by atoms with Gasteiger partial charge in [0.15, 0.2) is 0 Å². The summed E-state index contributed by atoms with van der Waals surface area (Å²) in [5.74, 6) is 5.00. The molecule has 0 amide bonds. The summed E-state index contributed by atoms with van der Waals surface area (Å²) in [6.45, 7) is 46.1. The average Bonchev–Trinajstić information content (AvgIpc) is 0.758. The molecule has 0 aliphatic heterocycles. The molecule has 6 aromatic rings. The minimum Gasteiger partial charge on any atom is -0.426 e. The first-order valence-corrected chi connectivity index (χ1v) is 57.3. The van der Waals surface area contributed by atoms with Crippen LogP contribution in [-0.4, -0.2) is 19.8 Å². The van der Waals surface area contributed by atoms with Crippen LogP contribution in [-0.2, 0) is 49.1 Å². The summed E-state index contributed by atoms with van der Waals surface area (Å²) in [6, 6.07) is 40.4. The molecule has 0 radical (unpaired) electrons. The minimum atomic E-state index is -2.00. The third-order valence-corrected chi connectivity index (χ3v) is 29.8. The maximum Gasteiger partial charge on any atom is 0.530 e. The van der Waals surface area contributed by atoms with Crippen molar-refractivity contribution in [2.24, 2.45) is 0 Å². The molecular weight excluding hydrogens is 1650 g/mol. The van der Waals surface area contributed by atoms with Crippen LogP contribution in [0, 0.1) is 20.8 Å². The van der Waals surface area contributed by atoms with Crippen LogP contribution in [0.25, 0.3) is 0 Å². The monoisotopic (exact) mass is 1850 g/mol. The van der Waals surface area contributed by atoms with Crippen molar-refractivity contribution < 1.29 is 40.7 Å². The molecule has 3 atom stereocenters. The van der Waals surface area contributed by atoms with E-state index in [1.165, 1.54) is 320 Å². The van der Waals surface area contributed by atoms with E-state index < -0.39 is 25.8 Å². The van der Waals surface area contributed by atoms with Gasteiger partial charge in [-0.3, -0.25) is 4.52 Å². The molecule has 0 saturated carbocycles. The van der Waals surface area contributed by atoms with Gasteiger partial charge < -0.3 is 36.2 Å². The number of hydrogen-bond acceptors (Lipinski definition) is 9.